The van der Waals surface area contributed by atoms with Crippen LogP contribution >= 0.6 is 12.2 Å². The Kier molecular flexibility index (Phi) is 6.47. The van der Waals surface area contributed by atoms with E-state index in [2.05, 4.69) is 5.32 Å². The van der Waals surface area contributed by atoms with Crippen LogP contribution in [-0.2, 0) is 4.79 Å². The van der Waals surface area contributed by atoms with E-state index in [9.17, 15) is 4.79 Å². The second kappa shape index (κ2) is 8.40. The van der Waals surface area contributed by atoms with Crippen molar-refractivity contribution in [3.8, 4) is 17.2 Å². The lowest BCUT2D eigenvalue weighted by Crippen LogP contribution is -2.47. The van der Waals surface area contributed by atoms with E-state index < -0.39 is 0 Å². The van der Waals surface area contributed by atoms with E-state index in [1.807, 2.05) is 37.8 Å². The number of carbonyl (C=O) groups is 1. The maximum atomic E-state index is 12.4. The molecule has 6 nitrogen and oxygen atoms in total. The fraction of sp³-hybridized carbons (Fsp3) is 0.474. The van der Waals surface area contributed by atoms with Crippen molar-refractivity contribution in [2.75, 3.05) is 27.4 Å². The van der Waals surface area contributed by atoms with E-state index in [0.717, 1.165) is 11.3 Å². The molecule has 1 aliphatic rings. The summed E-state index contributed by atoms with van der Waals surface area (Å²) in [6.45, 7) is 8.56. The quantitative estimate of drug-likeness (QED) is 0.731. The molecule has 0 saturated carbocycles. The largest absolute Gasteiger partial charge is 0.493 e. The minimum atomic E-state index is -0.374. The lowest BCUT2D eigenvalue weighted by Gasteiger charge is -2.37. The zero-order valence-electron chi connectivity index (χ0n) is 16.1. The average molecular weight is 378 g/mol. The number of ketones is 1. The van der Waals surface area contributed by atoms with Gasteiger partial charge in [0.15, 0.2) is 22.4 Å². The standard InChI is InChI=1S/C19H26N2O4S/c1-7-21-11(3)16(12(4)22)17(20-19(21)26)13-9-14(23-5)18(25-8-2)15(10-13)24-6/h9-10,17H,7-8H2,1-6H3,(H,20,26). The molecule has 0 amide bonds. The summed E-state index contributed by atoms with van der Waals surface area (Å²) < 4.78 is 16.6. The minimum Gasteiger partial charge on any atom is -0.493 e. The first-order valence-electron chi connectivity index (χ1n) is 8.57. The van der Waals surface area contributed by atoms with Crippen molar-refractivity contribution in [3.63, 3.8) is 0 Å². The van der Waals surface area contributed by atoms with E-state index >= 15 is 0 Å². The Morgan fingerprint density at radius 1 is 1.23 bits per heavy atom. The summed E-state index contributed by atoms with van der Waals surface area (Å²) >= 11 is 5.49. The molecule has 0 aliphatic carbocycles. The molecule has 1 heterocycles. The number of Topliss-reactive ketones (excluding diaryl/α,β-unsaturated/α-hetero) is 1. The Labute approximate surface area is 160 Å². The molecular formula is C19H26N2O4S. The highest BCUT2D eigenvalue weighted by Gasteiger charge is 2.32. The molecule has 0 aromatic heterocycles. The maximum absolute atomic E-state index is 12.4. The van der Waals surface area contributed by atoms with Crippen molar-refractivity contribution in [2.45, 2.75) is 33.7 Å². The molecular weight excluding hydrogens is 352 g/mol. The Balaban J connectivity index is 2.64. The van der Waals surface area contributed by atoms with Gasteiger partial charge in [0.2, 0.25) is 5.75 Å². The summed E-state index contributed by atoms with van der Waals surface area (Å²) in [5.41, 5.74) is 2.36. The molecule has 1 unspecified atom stereocenters. The van der Waals surface area contributed by atoms with Crippen LogP contribution < -0.4 is 19.5 Å². The van der Waals surface area contributed by atoms with Crippen LogP contribution in [0.4, 0.5) is 0 Å². The van der Waals surface area contributed by atoms with Crippen LogP contribution in [0.1, 0.15) is 39.3 Å². The Morgan fingerprint density at radius 3 is 2.23 bits per heavy atom. The number of nitrogens with one attached hydrogen (secondary N) is 1. The maximum Gasteiger partial charge on any atom is 0.203 e. The summed E-state index contributed by atoms with van der Waals surface area (Å²) in [7, 11) is 3.15. The van der Waals surface area contributed by atoms with Gasteiger partial charge in [0.25, 0.3) is 0 Å². The summed E-state index contributed by atoms with van der Waals surface area (Å²) in [6, 6.07) is 3.33. The van der Waals surface area contributed by atoms with E-state index in [0.29, 0.717) is 41.1 Å². The number of hydrogen-bond acceptors (Lipinski definition) is 5. The summed E-state index contributed by atoms with van der Waals surface area (Å²) in [6.07, 6.45) is 0. The molecule has 1 N–H and O–H groups in total. The Morgan fingerprint density at radius 2 is 1.81 bits per heavy atom. The summed E-state index contributed by atoms with van der Waals surface area (Å²) in [5, 5.41) is 3.87. The number of nitrogens with zero attached hydrogens (tertiary/aromatic N) is 1. The topological polar surface area (TPSA) is 60.0 Å². The van der Waals surface area contributed by atoms with Gasteiger partial charge in [-0.2, -0.15) is 0 Å². The first-order chi connectivity index (χ1) is 12.4. The highest BCUT2D eigenvalue weighted by molar-refractivity contribution is 7.80. The van der Waals surface area contributed by atoms with E-state index in [4.69, 9.17) is 26.4 Å². The normalized spacial score (nSPS) is 17.1. The van der Waals surface area contributed by atoms with Gasteiger partial charge in [-0.05, 0) is 57.6 Å². The summed E-state index contributed by atoms with van der Waals surface area (Å²) in [4.78, 5) is 14.3. The molecule has 1 aromatic carbocycles. The average Bonchev–Trinajstić information content (AvgIpc) is 2.61. The molecule has 26 heavy (non-hydrogen) atoms. The van der Waals surface area contributed by atoms with Crippen molar-refractivity contribution in [1.82, 2.24) is 10.2 Å². The molecule has 0 saturated heterocycles. The fourth-order valence-electron chi connectivity index (χ4n) is 3.22. The minimum absolute atomic E-state index is 0.00670. The molecule has 7 heteroatoms. The molecule has 142 valence electrons. The van der Waals surface area contributed by atoms with Gasteiger partial charge in [0.1, 0.15) is 0 Å². The predicted octanol–water partition coefficient (Wildman–Crippen LogP) is 3.22. The number of ether oxygens (including phenoxy) is 3. The number of hydrogen-bond donors (Lipinski definition) is 1. The molecule has 2 rings (SSSR count). The monoisotopic (exact) mass is 378 g/mol. The van der Waals surface area contributed by atoms with Gasteiger partial charge in [-0.1, -0.05) is 0 Å². The molecule has 0 fully saturated rings. The molecule has 1 aliphatic heterocycles. The zero-order chi connectivity index (χ0) is 19.4. The second-order valence-corrected chi connectivity index (χ2v) is 6.26. The third-order valence-electron chi connectivity index (χ3n) is 4.40. The van der Waals surface area contributed by atoms with Crippen LogP contribution in [-0.4, -0.2) is 43.2 Å². The van der Waals surface area contributed by atoms with Crippen molar-refractivity contribution in [2.24, 2.45) is 0 Å². The highest BCUT2D eigenvalue weighted by atomic mass is 32.1. The van der Waals surface area contributed by atoms with Gasteiger partial charge < -0.3 is 24.4 Å². The molecule has 1 aromatic rings. The number of methoxy groups -OCH3 is 2. The number of carbonyl (C=O) groups excluding carboxylic acids is 1. The number of allylic oxidation sites excluding steroid dienone is 1. The van der Waals surface area contributed by atoms with Crippen molar-refractivity contribution >= 4 is 23.1 Å². The lowest BCUT2D eigenvalue weighted by atomic mass is 9.92. The summed E-state index contributed by atoms with van der Waals surface area (Å²) in [5.74, 6) is 1.63. The van der Waals surface area contributed by atoms with Crippen LogP contribution in [0.15, 0.2) is 23.4 Å². The van der Waals surface area contributed by atoms with Gasteiger partial charge in [-0.25, -0.2) is 0 Å². The number of thiocarbonyl (C=S) groups is 1. The Bertz CT molecular complexity index is 720. The van der Waals surface area contributed by atoms with Crippen LogP contribution in [0.2, 0.25) is 0 Å². The number of benzene rings is 1. The predicted molar refractivity (Wildman–Crippen MR) is 105 cm³/mol. The highest BCUT2D eigenvalue weighted by Crippen LogP contribution is 2.42. The molecule has 0 spiro atoms. The third kappa shape index (κ3) is 3.62. The first-order valence-corrected chi connectivity index (χ1v) is 8.98. The van der Waals surface area contributed by atoms with Gasteiger partial charge in [0.05, 0.1) is 26.9 Å². The van der Waals surface area contributed by atoms with Gasteiger partial charge in [-0.3, -0.25) is 4.79 Å². The molecule has 1 atom stereocenters. The van der Waals surface area contributed by atoms with Crippen LogP contribution in [0, 0.1) is 0 Å². The Hall–Kier alpha value is -2.28. The first kappa shape index (κ1) is 20.0. The van der Waals surface area contributed by atoms with Crippen LogP contribution in [0.25, 0.3) is 0 Å². The van der Waals surface area contributed by atoms with Gasteiger partial charge >= 0.3 is 0 Å². The molecule has 0 radical (unpaired) electrons. The lowest BCUT2D eigenvalue weighted by molar-refractivity contribution is -0.114. The fourth-order valence-corrected chi connectivity index (χ4v) is 3.61. The molecule has 0 bridgehead atoms. The SMILES string of the molecule is CCOc1c(OC)cc(C2NC(=S)N(CC)C(C)=C2C(C)=O)cc1OC. The van der Waals surface area contributed by atoms with Crippen LogP contribution in [0.5, 0.6) is 17.2 Å². The van der Waals surface area contributed by atoms with Crippen LogP contribution in [0.3, 0.4) is 0 Å². The number of rotatable bonds is 7. The van der Waals surface area contributed by atoms with E-state index in [-0.39, 0.29) is 11.8 Å². The smallest absolute Gasteiger partial charge is 0.203 e. The van der Waals surface area contributed by atoms with Gasteiger partial charge in [0, 0.05) is 17.8 Å². The van der Waals surface area contributed by atoms with E-state index in [1.165, 1.54) is 0 Å². The van der Waals surface area contributed by atoms with Crippen molar-refractivity contribution < 1.29 is 19.0 Å². The second-order valence-electron chi connectivity index (χ2n) is 5.87. The van der Waals surface area contributed by atoms with E-state index in [1.54, 1.807) is 21.1 Å². The van der Waals surface area contributed by atoms with Gasteiger partial charge in [-0.15, -0.1) is 0 Å². The van der Waals surface area contributed by atoms with Crippen molar-refractivity contribution in [3.05, 3.63) is 29.0 Å². The van der Waals surface area contributed by atoms with Crippen molar-refractivity contribution in [1.29, 1.82) is 0 Å². The zero-order valence-corrected chi connectivity index (χ0v) is 17.0. The third-order valence-corrected chi connectivity index (χ3v) is 4.74.